The van der Waals surface area contributed by atoms with Crippen molar-refractivity contribution in [3.63, 3.8) is 0 Å². The molecule has 0 saturated carbocycles. The maximum Gasteiger partial charge on any atom is 0.0468 e. The Balaban J connectivity index is 2.39. The highest BCUT2D eigenvalue weighted by molar-refractivity contribution is 5.10. The van der Waals surface area contributed by atoms with Crippen molar-refractivity contribution in [2.75, 3.05) is 26.3 Å². The summed E-state index contributed by atoms with van der Waals surface area (Å²) in [5.41, 5.74) is 1.27. The molecule has 1 atom stereocenters. The molecule has 0 aromatic rings. The molecule has 0 bridgehead atoms. The van der Waals surface area contributed by atoms with Crippen LogP contribution in [0.1, 0.15) is 12.8 Å². The molecule has 0 fully saturated rings. The molecule has 1 rings (SSSR count). The fourth-order valence-corrected chi connectivity index (χ4v) is 1.54. The van der Waals surface area contributed by atoms with E-state index in [1.165, 1.54) is 5.57 Å². The van der Waals surface area contributed by atoms with Crippen molar-refractivity contribution in [2.24, 2.45) is 5.92 Å². The van der Waals surface area contributed by atoms with E-state index in [9.17, 15) is 0 Å². The maximum absolute atomic E-state index is 8.73. The Morgan fingerprint density at radius 2 is 2.25 bits per heavy atom. The third kappa shape index (κ3) is 2.93. The highest BCUT2D eigenvalue weighted by Crippen LogP contribution is 2.13. The lowest BCUT2D eigenvalue weighted by Gasteiger charge is -2.21. The zero-order valence-electron chi connectivity index (χ0n) is 7.29. The van der Waals surface area contributed by atoms with E-state index in [0.29, 0.717) is 5.92 Å². The van der Waals surface area contributed by atoms with E-state index in [2.05, 4.69) is 11.4 Å². The van der Waals surface area contributed by atoms with Gasteiger partial charge in [0.25, 0.3) is 0 Å². The molecule has 1 aliphatic heterocycles. The Kier molecular flexibility index (Phi) is 4.29. The highest BCUT2D eigenvalue weighted by atomic mass is 16.3. The van der Waals surface area contributed by atoms with Gasteiger partial charge in [-0.15, -0.1) is 0 Å². The van der Waals surface area contributed by atoms with Gasteiger partial charge in [-0.2, -0.15) is 0 Å². The van der Waals surface area contributed by atoms with Crippen molar-refractivity contribution < 1.29 is 10.2 Å². The molecule has 0 radical (unpaired) electrons. The van der Waals surface area contributed by atoms with Crippen molar-refractivity contribution in [1.82, 2.24) is 5.32 Å². The summed E-state index contributed by atoms with van der Waals surface area (Å²) in [5.74, 6) is 0.449. The lowest BCUT2D eigenvalue weighted by molar-refractivity contribution is 0.264. The molecule has 0 aromatic heterocycles. The summed E-state index contributed by atoms with van der Waals surface area (Å²) < 4.78 is 0. The SMILES string of the molecule is OCCC1=CC(CCO)CNC1. The smallest absolute Gasteiger partial charge is 0.0468 e. The summed E-state index contributed by atoms with van der Waals surface area (Å²) in [7, 11) is 0. The third-order valence-corrected chi connectivity index (χ3v) is 2.16. The normalized spacial score (nSPS) is 23.8. The van der Waals surface area contributed by atoms with E-state index in [4.69, 9.17) is 10.2 Å². The van der Waals surface area contributed by atoms with Crippen molar-refractivity contribution in [2.45, 2.75) is 12.8 Å². The van der Waals surface area contributed by atoms with Crippen LogP contribution in [0, 0.1) is 5.92 Å². The molecule has 0 amide bonds. The van der Waals surface area contributed by atoms with Crippen LogP contribution in [0.25, 0.3) is 0 Å². The van der Waals surface area contributed by atoms with E-state index in [1.807, 2.05) is 0 Å². The molecule has 1 aliphatic rings. The molecule has 3 heteroatoms. The van der Waals surface area contributed by atoms with Gasteiger partial charge in [0.1, 0.15) is 0 Å². The van der Waals surface area contributed by atoms with Gasteiger partial charge in [0.15, 0.2) is 0 Å². The van der Waals surface area contributed by atoms with Gasteiger partial charge in [0.05, 0.1) is 0 Å². The molecule has 0 saturated heterocycles. The van der Waals surface area contributed by atoms with E-state index in [1.54, 1.807) is 0 Å². The minimum atomic E-state index is 0.222. The minimum Gasteiger partial charge on any atom is -0.396 e. The molecule has 1 unspecified atom stereocenters. The second-order valence-electron chi connectivity index (χ2n) is 3.20. The number of aliphatic hydroxyl groups is 2. The van der Waals surface area contributed by atoms with Gasteiger partial charge in [-0.3, -0.25) is 0 Å². The average Bonchev–Trinajstić information content (AvgIpc) is 2.06. The largest absolute Gasteiger partial charge is 0.396 e. The molecular formula is C9H17NO2. The number of rotatable bonds is 4. The van der Waals surface area contributed by atoms with Crippen LogP contribution in [0.4, 0.5) is 0 Å². The van der Waals surface area contributed by atoms with Crippen LogP contribution in [0.15, 0.2) is 11.6 Å². The second-order valence-corrected chi connectivity index (χ2v) is 3.20. The van der Waals surface area contributed by atoms with E-state index >= 15 is 0 Å². The molecule has 3 N–H and O–H groups in total. The summed E-state index contributed by atoms with van der Waals surface area (Å²) in [6.07, 6.45) is 3.76. The zero-order valence-corrected chi connectivity index (χ0v) is 7.29. The first-order valence-electron chi connectivity index (χ1n) is 4.49. The molecule has 0 aliphatic carbocycles. The van der Waals surface area contributed by atoms with E-state index in [-0.39, 0.29) is 13.2 Å². The molecule has 70 valence electrons. The van der Waals surface area contributed by atoms with Gasteiger partial charge in [0, 0.05) is 26.3 Å². The Labute approximate surface area is 73.1 Å². The van der Waals surface area contributed by atoms with Crippen LogP contribution in [0.3, 0.4) is 0 Å². The first-order valence-corrected chi connectivity index (χ1v) is 4.49. The number of hydrogen-bond acceptors (Lipinski definition) is 3. The molecular weight excluding hydrogens is 154 g/mol. The van der Waals surface area contributed by atoms with Crippen LogP contribution in [-0.2, 0) is 0 Å². The molecule has 12 heavy (non-hydrogen) atoms. The van der Waals surface area contributed by atoms with Crippen molar-refractivity contribution in [1.29, 1.82) is 0 Å². The Morgan fingerprint density at radius 3 is 2.92 bits per heavy atom. The second kappa shape index (κ2) is 5.30. The van der Waals surface area contributed by atoms with Crippen molar-refractivity contribution in [3.8, 4) is 0 Å². The first kappa shape index (κ1) is 9.71. The Bertz CT molecular complexity index is 157. The van der Waals surface area contributed by atoms with Gasteiger partial charge in [0.2, 0.25) is 0 Å². The van der Waals surface area contributed by atoms with Crippen molar-refractivity contribution >= 4 is 0 Å². The summed E-state index contributed by atoms with van der Waals surface area (Å²) in [5, 5.41) is 20.7. The predicted molar refractivity (Wildman–Crippen MR) is 47.8 cm³/mol. The van der Waals surface area contributed by atoms with Crippen LogP contribution in [0.5, 0.6) is 0 Å². The van der Waals surface area contributed by atoms with Crippen LogP contribution < -0.4 is 5.32 Å². The zero-order chi connectivity index (χ0) is 8.81. The van der Waals surface area contributed by atoms with Gasteiger partial charge in [-0.05, 0) is 18.8 Å². The molecule has 3 nitrogen and oxygen atoms in total. The highest BCUT2D eigenvalue weighted by Gasteiger charge is 2.11. The van der Waals surface area contributed by atoms with Crippen molar-refractivity contribution in [3.05, 3.63) is 11.6 Å². The van der Waals surface area contributed by atoms with Gasteiger partial charge in [-0.25, -0.2) is 0 Å². The number of aliphatic hydroxyl groups excluding tert-OH is 2. The Hall–Kier alpha value is -0.380. The average molecular weight is 171 g/mol. The van der Waals surface area contributed by atoms with Gasteiger partial charge in [-0.1, -0.05) is 11.6 Å². The lowest BCUT2D eigenvalue weighted by Crippen LogP contribution is -2.29. The summed E-state index contributed by atoms with van der Waals surface area (Å²) in [6, 6.07) is 0. The van der Waals surface area contributed by atoms with E-state index in [0.717, 1.165) is 25.9 Å². The minimum absolute atomic E-state index is 0.222. The molecule has 1 heterocycles. The summed E-state index contributed by atoms with van der Waals surface area (Å²) in [4.78, 5) is 0. The maximum atomic E-state index is 8.73. The van der Waals surface area contributed by atoms with Crippen LogP contribution in [0.2, 0.25) is 0 Å². The number of nitrogens with one attached hydrogen (secondary N) is 1. The first-order chi connectivity index (χ1) is 5.86. The van der Waals surface area contributed by atoms with Gasteiger partial charge >= 0.3 is 0 Å². The van der Waals surface area contributed by atoms with Crippen LogP contribution >= 0.6 is 0 Å². The van der Waals surface area contributed by atoms with E-state index < -0.39 is 0 Å². The number of hydrogen-bond donors (Lipinski definition) is 3. The molecule has 0 aromatic carbocycles. The fourth-order valence-electron chi connectivity index (χ4n) is 1.54. The monoisotopic (exact) mass is 171 g/mol. The summed E-state index contributed by atoms with van der Waals surface area (Å²) in [6.45, 7) is 2.31. The summed E-state index contributed by atoms with van der Waals surface area (Å²) >= 11 is 0. The quantitative estimate of drug-likeness (QED) is 0.518. The topological polar surface area (TPSA) is 52.5 Å². The third-order valence-electron chi connectivity index (χ3n) is 2.16. The lowest BCUT2D eigenvalue weighted by atomic mass is 9.97. The fraction of sp³-hybridized carbons (Fsp3) is 0.778. The Morgan fingerprint density at radius 1 is 1.42 bits per heavy atom. The van der Waals surface area contributed by atoms with Crippen LogP contribution in [-0.4, -0.2) is 36.5 Å². The molecule has 0 spiro atoms. The predicted octanol–water partition coefficient (Wildman–Crippen LogP) is -0.103. The standard InChI is InChI=1S/C9H17NO2/c11-3-1-8-5-9(2-4-12)7-10-6-8/h5,8,10-12H,1-4,6-7H2. The van der Waals surface area contributed by atoms with Gasteiger partial charge < -0.3 is 15.5 Å².